The van der Waals surface area contributed by atoms with Gasteiger partial charge in [0.1, 0.15) is 0 Å². The highest BCUT2D eigenvalue weighted by Crippen LogP contribution is 2.16. The van der Waals surface area contributed by atoms with Gasteiger partial charge in [0.15, 0.2) is 5.96 Å². The number of guanidine groups is 1. The van der Waals surface area contributed by atoms with Gasteiger partial charge in [-0.25, -0.2) is 4.98 Å². The van der Waals surface area contributed by atoms with Crippen molar-refractivity contribution in [3.05, 3.63) is 27.2 Å². The highest BCUT2D eigenvalue weighted by molar-refractivity contribution is 7.11. The van der Waals surface area contributed by atoms with Gasteiger partial charge in [0.05, 0.1) is 17.2 Å². The Bertz CT molecular complexity index is 420. The first-order valence-electron chi connectivity index (χ1n) is 5.73. The first-order valence-corrected chi connectivity index (χ1v) is 6.93. The van der Waals surface area contributed by atoms with Gasteiger partial charge < -0.3 is 10.6 Å². The van der Waals surface area contributed by atoms with Crippen LogP contribution in [0.4, 0.5) is 0 Å². The predicted molar refractivity (Wildman–Crippen MR) is 79.6 cm³/mol. The van der Waals surface area contributed by atoms with E-state index in [0.29, 0.717) is 11.6 Å². The standard InChI is InChI=1S/C12H19ClN4S/c1-8(13)7-16-12(14-4)15-6-5-11-17-9(2)10(3)18-11/h1,5-7H2,2-4H3,(H2,14,15,16). The van der Waals surface area contributed by atoms with Gasteiger partial charge >= 0.3 is 0 Å². The average molecular weight is 287 g/mol. The third-order valence-corrected chi connectivity index (χ3v) is 3.64. The molecule has 18 heavy (non-hydrogen) atoms. The number of rotatable bonds is 5. The van der Waals surface area contributed by atoms with E-state index < -0.39 is 0 Å². The van der Waals surface area contributed by atoms with E-state index in [1.54, 1.807) is 18.4 Å². The van der Waals surface area contributed by atoms with Gasteiger partial charge in [0.2, 0.25) is 0 Å². The molecule has 0 atom stereocenters. The normalized spacial score (nSPS) is 11.4. The summed E-state index contributed by atoms with van der Waals surface area (Å²) < 4.78 is 0. The maximum atomic E-state index is 5.68. The first kappa shape index (κ1) is 15.0. The van der Waals surface area contributed by atoms with Crippen molar-refractivity contribution in [1.29, 1.82) is 0 Å². The van der Waals surface area contributed by atoms with Gasteiger partial charge in [-0.3, -0.25) is 4.99 Å². The zero-order valence-electron chi connectivity index (χ0n) is 11.0. The lowest BCUT2D eigenvalue weighted by Gasteiger charge is -2.10. The van der Waals surface area contributed by atoms with Crippen molar-refractivity contribution in [3.63, 3.8) is 0 Å². The van der Waals surface area contributed by atoms with Crippen LogP contribution in [0.1, 0.15) is 15.6 Å². The van der Waals surface area contributed by atoms with Gasteiger partial charge in [-0.1, -0.05) is 18.2 Å². The molecule has 0 aliphatic rings. The van der Waals surface area contributed by atoms with Crippen molar-refractivity contribution in [2.45, 2.75) is 20.3 Å². The minimum absolute atomic E-state index is 0.511. The van der Waals surface area contributed by atoms with Gasteiger partial charge in [-0.05, 0) is 13.8 Å². The maximum Gasteiger partial charge on any atom is 0.191 e. The number of hydrogen-bond donors (Lipinski definition) is 2. The second-order valence-corrected chi connectivity index (χ2v) is 5.69. The molecule has 4 nitrogen and oxygen atoms in total. The molecule has 1 aromatic heterocycles. The molecule has 0 spiro atoms. The lowest BCUT2D eigenvalue weighted by Crippen LogP contribution is -2.38. The molecule has 0 amide bonds. The SMILES string of the molecule is C=C(Cl)CNC(=NC)NCCc1nc(C)c(C)s1. The number of aryl methyl sites for hydroxylation is 2. The van der Waals surface area contributed by atoms with Crippen LogP contribution in [0, 0.1) is 13.8 Å². The summed E-state index contributed by atoms with van der Waals surface area (Å²) >= 11 is 7.43. The second-order valence-electron chi connectivity index (χ2n) is 3.87. The largest absolute Gasteiger partial charge is 0.356 e. The molecule has 1 aromatic rings. The van der Waals surface area contributed by atoms with Crippen LogP contribution < -0.4 is 10.6 Å². The Morgan fingerprint density at radius 2 is 2.17 bits per heavy atom. The van der Waals surface area contributed by atoms with Crippen LogP contribution in [-0.4, -0.2) is 31.1 Å². The molecule has 0 unspecified atom stereocenters. The summed E-state index contributed by atoms with van der Waals surface area (Å²) in [7, 11) is 1.73. The Kier molecular flexibility index (Phi) is 6.15. The molecule has 0 aliphatic carbocycles. The molecular weight excluding hydrogens is 268 g/mol. The molecule has 1 rings (SSSR count). The number of thiazole rings is 1. The van der Waals surface area contributed by atoms with E-state index in [2.05, 4.69) is 34.1 Å². The molecule has 0 aromatic carbocycles. The summed E-state index contributed by atoms with van der Waals surface area (Å²) in [5.74, 6) is 0.724. The Hall–Kier alpha value is -1.07. The fourth-order valence-electron chi connectivity index (χ4n) is 1.33. The van der Waals surface area contributed by atoms with Crippen LogP contribution in [0.5, 0.6) is 0 Å². The third-order valence-electron chi connectivity index (χ3n) is 2.38. The fourth-order valence-corrected chi connectivity index (χ4v) is 2.33. The van der Waals surface area contributed by atoms with Crippen LogP contribution in [0.3, 0.4) is 0 Å². The van der Waals surface area contributed by atoms with Crippen LogP contribution >= 0.6 is 22.9 Å². The van der Waals surface area contributed by atoms with Gasteiger partial charge in [-0.15, -0.1) is 11.3 Å². The summed E-state index contributed by atoms with van der Waals surface area (Å²) in [5, 5.41) is 7.98. The Labute approximate surface area is 117 Å². The highest BCUT2D eigenvalue weighted by Gasteiger charge is 2.04. The zero-order valence-corrected chi connectivity index (χ0v) is 12.6. The summed E-state index contributed by atoms with van der Waals surface area (Å²) in [4.78, 5) is 9.87. The quantitative estimate of drug-likeness (QED) is 0.645. The Balaban J connectivity index is 2.33. The molecular formula is C12H19ClN4S. The van der Waals surface area contributed by atoms with E-state index in [4.69, 9.17) is 11.6 Å². The van der Waals surface area contributed by atoms with Crippen LogP contribution in [0.2, 0.25) is 0 Å². The number of hydrogen-bond acceptors (Lipinski definition) is 3. The number of aliphatic imine (C=N–C) groups is 1. The summed E-state index contributed by atoms with van der Waals surface area (Å²) in [6, 6.07) is 0. The van der Waals surface area contributed by atoms with E-state index in [1.807, 2.05) is 6.92 Å². The van der Waals surface area contributed by atoms with Crippen LogP contribution in [0.25, 0.3) is 0 Å². The third kappa shape index (κ3) is 5.06. The lowest BCUT2D eigenvalue weighted by molar-refractivity contribution is 0.814. The monoisotopic (exact) mass is 286 g/mol. The van der Waals surface area contributed by atoms with Crippen LogP contribution in [0.15, 0.2) is 16.6 Å². The van der Waals surface area contributed by atoms with Gasteiger partial charge in [0, 0.05) is 29.9 Å². The van der Waals surface area contributed by atoms with Gasteiger partial charge in [0.25, 0.3) is 0 Å². The van der Waals surface area contributed by atoms with E-state index in [0.717, 1.165) is 29.6 Å². The number of nitrogens with one attached hydrogen (secondary N) is 2. The van der Waals surface area contributed by atoms with E-state index in [-0.39, 0.29) is 0 Å². The number of nitrogens with zero attached hydrogens (tertiary/aromatic N) is 2. The molecule has 100 valence electrons. The summed E-state index contributed by atoms with van der Waals surface area (Å²) in [6.45, 7) is 9.05. The lowest BCUT2D eigenvalue weighted by atomic mass is 10.4. The fraction of sp³-hybridized carbons (Fsp3) is 0.500. The van der Waals surface area contributed by atoms with Crippen molar-refractivity contribution < 1.29 is 0 Å². The molecule has 2 N–H and O–H groups in total. The van der Waals surface area contributed by atoms with Crippen LogP contribution in [-0.2, 0) is 6.42 Å². The van der Waals surface area contributed by atoms with E-state index in [9.17, 15) is 0 Å². The van der Waals surface area contributed by atoms with Crippen molar-refractivity contribution >= 4 is 28.9 Å². The molecule has 1 heterocycles. The van der Waals surface area contributed by atoms with Gasteiger partial charge in [-0.2, -0.15) is 0 Å². The zero-order chi connectivity index (χ0) is 13.5. The van der Waals surface area contributed by atoms with E-state index >= 15 is 0 Å². The minimum Gasteiger partial charge on any atom is -0.356 e. The summed E-state index contributed by atoms with van der Waals surface area (Å²) in [5.41, 5.74) is 1.12. The molecule has 0 saturated heterocycles. The van der Waals surface area contributed by atoms with Crippen molar-refractivity contribution in [1.82, 2.24) is 15.6 Å². The molecule has 0 aliphatic heterocycles. The number of halogens is 1. The smallest absolute Gasteiger partial charge is 0.191 e. The van der Waals surface area contributed by atoms with Crippen molar-refractivity contribution in [3.8, 4) is 0 Å². The molecule has 0 fully saturated rings. The molecule has 0 saturated carbocycles. The van der Waals surface area contributed by atoms with Crippen molar-refractivity contribution in [2.24, 2.45) is 4.99 Å². The number of aromatic nitrogens is 1. The Morgan fingerprint density at radius 3 is 2.67 bits per heavy atom. The summed E-state index contributed by atoms with van der Waals surface area (Å²) in [6.07, 6.45) is 0.891. The molecule has 0 radical (unpaired) electrons. The highest BCUT2D eigenvalue weighted by atomic mass is 35.5. The predicted octanol–water partition coefficient (Wildman–Crippen LogP) is 2.22. The molecule has 0 bridgehead atoms. The first-order chi connectivity index (χ1) is 8.52. The van der Waals surface area contributed by atoms with E-state index in [1.165, 1.54) is 4.88 Å². The second kappa shape index (κ2) is 7.38. The minimum atomic E-state index is 0.511. The Morgan fingerprint density at radius 1 is 1.44 bits per heavy atom. The molecule has 6 heteroatoms. The topological polar surface area (TPSA) is 49.3 Å². The maximum absolute atomic E-state index is 5.68. The van der Waals surface area contributed by atoms with Crippen molar-refractivity contribution in [2.75, 3.05) is 20.1 Å². The average Bonchev–Trinajstić information content (AvgIpc) is 2.63.